The van der Waals surface area contributed by atoms with Crippen LogP contribution in [0.4, 0.5) is 22.1 Å². The van der Waals surface area contributed by atoms with E-state index in [0.29, 0.717) is 11.3 Å². The number of ether oxygens (including phenoxy) is 4. The number of carbonyl (C=O) groups excluding carboxylic acids is 2. The minimum atomic E-state index is -5.46. The molecule has 2 saturated heterocycles. The molecule has 3 aromatic heterocycles. The summed E-state index contributed by atoms with van der Waals surface area (Å²) in [6.07, 6.45) is -11.5. The number of nitrogens with two attached hydrogens (primary N) is 2. The molecular weight excluding hydrogens is 987 g/mol. The first kappa shape index (κ1) is 52.4. The number of rotatable bonds is 19. The van der Waals surface area contributed by atoms with Crippen LogP contribution < -0.4 is 17.2 Å². The lowest BCUT2D eigenvalue weighted by Crippen LogP contribution is -2.48. The Hall–Kier alpha value is -4.94. The van der Waals surface area contributed by atoms with Crippen molar-refractivity contribution in [2.24, 2.45) is 5.11 Å². The number of aliphatic hydroxyl groups is 2. The number of azide groups is 1. The van der Waals surface area contributed by atoms with Gasteiger partial charge >= 0.3 is 33.4 Å². The maximum Gasteiger partial charge on any atom is 0.472 e. The van der Waals surface area contributed by atoms with Crippen molar-refractivity contribution in [3.05, 3.63) is 75.5 Å². The Morgan fingerprint density at radius 2 is 1.66 bits per heavy atom. The Bertz CT molecular complexity index is 2650. The van der Waals surface area contributed by atoms with E-state index in [1.807, 2.05) is 20.8 Å². The maximum atomic E-state index is 14.3. The molecular formula is C35H46N12O17P2S2. The number of aliphatic hydroxyl groups excluding tert-OH is 2. The minimum Gasteiger partial charge on any atom is -0.455 e. The van der Waals surface area contributed by atoms with Crippen LogP contribution in [-0.2, 0) is 53.1 Å². The van der Waals surface area contributed by atoms with Gasteiger partial charge in [-0.2, -0.15) is 10.1 Å². The van der Waals surface area contributed by atoms with Crippen molar-refractivity contribution in [3.63, 3.8) is 0 Å². The molecule has 4 aromatic rings. The zero-order valence-electron chi connectivity index (χ0n) is 36.1. The van der Waals surface area contributed by atoms with Gasteiger partial charge < -0.3 is 55.3 Å². The number of likely N-dealkylation sites (N-methyl/N-ethyl adjacent to an activating group) is 1. The van der Waals surface area contributed by atoms with E-state index in [9.17, 15) is 48.4 Å². The fourth-order valence-corrected chi connectivity index (χ4v) is 10.5. The molecule has 0 spiro atoms. The zero-order valence-corrected chi connectivity index (χ0v) is 39.5. The molecule has 68 heavy (non-hydrogen) atoms. The molecule has 0 radical (unpaired) electrons. The number of fused-ring (bicyclic) bond motifs is 1. The van der Waals surface area contributed by atoms with E-state index in [1.165, 1.54) is 63.9 Å². The molecule has 5 heterocycles. The highest BCUT2D eigenvalue weighted by atomic mass is 33.1. The second kappa shape index (κ2) is 21.8. The average molecular weight is 1030 g/mol. The van der Waals surface area contributed by atoms with E-state index in [4.69, 9.17) is 45.0 Å². The van der Waals surface area contributed by atoms with Crippen LogP contribution in [0.25, 0.3) is 21.5 Å². The van der Waals surface area contributed by atoms with Crippen LogP contribution in [0.15, 0.2) is 59.0 Å². The van der Waals surface area contributed by atoms with Gasteiger partial charge in [0.15, 0.2) is 24.4 Å². The lowest BCUT2D eigenvalue weighted by molar-refractivity contribution is -0.161. The highest BCUT2D eigenvalue weighted by Gasteiger charge is 2.52. The number of esters is 1. The molecule has 0 aliphatic carbocycles. The standard InChI is InChI=1S/C35H46N12O17P2S2/c1-35(2,3)68-67-15-20(45(4)34(52)58-12-17-5-7-18(8-6-17)42-44-38)32(50)63-27-21(61-31(25(27)48)47-16-39-24-19(47)11-40-43-29(24)37)14-60-66(56,57)64-28-22(13-59-65(53,54)55)62-30(26(28)49)46-10-9-23(36)41-33(46)51/h5-11,16,20-22,25-28,30-31,48-49H,12-15H2,1-4H3,(H2,37,43)(H,56,57)(H2,36,41,51)(H2,53,54,55)/t20-,21+,22+,25+,26+,27+,28+,30+,31+/m0/s1. The Morgan fingerprint density at radius 1 is 1.01 bits per heavy atom. The fourth-order valence-electron chi connectivity index (χ4n) is 6.59. The third kappa shape index (κ3) is 13.2. The van der Waals surface area contributed by atoms with Gasteiger partial charge in [0.25, 0.3) is 0 Å². The van der Waals surface area contributed by atoms with Crippen molar-refractivity contribution in [1.29, 1.82) is 0 Å². The smallest absolute Gasteiger partial charge is 0.455 e. The van der Waals surface area contributed by atoms with Crippen molar-refractivity contribution in [2.45, 2.75) is 87.2 Å². The number of anilines is 2. The molecule has 0 bridgehead atoms. The molecule has 9 N–H and O–H groups in total. The van der Waals surface area contributed by atoms with Gasteiger partial charge in [0.05, 0.1) is 31.3 Å². The Labute approximate surface area is 392 Å². The first-order valence-corrected chi connectivity index (χ1v) is 25.2. The molecule has 2 fully saturated rings. The number of phosphoric acid groups is 2. The summed E-state index contributed by atoms with van der Waals surface area (Å²) in [7, 11) is -6.74. The number of nitrogens with zero attached hydrogens (tertiary/aromatic N) is 10. The fraction of sp³-hybridized carbons (Fsp3) is 0.514. The quantitative estimate of drug-likeness (QED) is 0.0176. The van der Waals surface area contributed by atoms with Crippen LogP contribution in [0, 0.1) is 0 Å². The number of hydrogen-bond acceptors (Lipinski definition) is 23. The van der Waals surface area contributed by atoms with E-state index in [-0.39, 0.29) is 39.8 Å². The van der Waals surface area contributed by atoms with E-state index in [1.54, 1.807) is 12.1 Å². The molecule has 2 aliphatic heterocycles. The van der Waals surface area contributed by atoms with Crippen LogP contribution in [0.2, 0.25) is 0 Å². The van der Waals surface area contributed by atoms with E-state index >= 15 is 0 Å². The lowest BCUT2D eigenvalue weighted by atomic mass is 10.1. The summed E-state index contributed by atoms with van der Waals surface area (Å²) in [4.78, 5) is 81.5. The van der Waals surface area contributed by atoms with Crippen molar-refractivity contribution < 1.29 is 76.1 Å². The normalized spacial score (nSPS) is 24.2. The van der Waals surface area contributed by atoms with Gasteiger partial charge in [0.1, 0.15) is 54.5 Å². The molecule has 6 rings (SSSR count). The summed E-state index contributed by atoms with van der Waals surface area (Å²) in [5.74, 6) is -1.41. The van der Waals surface area contributed by atoms with Gasteiger partial charge in [0.2, 0.25) is 0 Å². The minimum absolute atomic E-state index is 0.0660. The molecule has 33 heteroatoms. The predicted molar refractivity (Wildman–Crippen MR) is 238 cm³/mol. The zero-order chi connectivity index (χ0) is 49.7. The molecule has 1 amide bonds. The number of nitrogen functional groups attached to an aromatic ring is 2. The first-order valence-electron chi connectivity index (χ1n) is 19.8. The van der Waals surface area contributed by atoms with Gasteiger partial charge in [0, 0.05) is 34.3 Å². The number of carbonyl (C=O) groups is 2. The molecule has 1 aromatic carbocycles. The van der Waals surface area contributed by atoms with Crippen LogP contribution in [0.3, 0.4) is 0 Å². The molecule has 370 valence electrons. The van der Waals surface area contributed by atoms with Crippen LogP contribution in [-0.4, -0.2) is 145 Å². The van der Waals surface area contributed by atoms with Crippen LogP contribution >= 0.6 is 37.2 Å². The highest BCUT2D eigenvalue weighted by Crippen LogP contribution is 2.50. The van der Waals surface area contributed by atoms with Gasteiger partial charge in [-0.05, 0) is 17.2 Å². The van der Waals surface area contributed by atoms with Crippen molar-refractivity contribution in [2.75, 3.05) is 37.5 Å². The van der Waals surface area contributed by atoms with E-state index in [2.05, 4.69) is 34.7 Å². The van der Waals surface area contributed by atoms with Crippen molar-refractivity contribution in [1.82, 2.24) is 34.2 Å². The van der Waals surface area contributed by atoms with E-state index < -0.39 is 102 Å². The third-order valence-corrected chi connectivity index (χ3v) is 14.6. The molecule has 1 unspecified atom stereocenters. The van der Waals surface area contributed by atoms with Crippen molar-refractivity contribution >= 4 is 77.7 Å². The first-order chi connectivity index (χ1) is 31.9. The molecule has 2 aliphatic rings. The summed E-state index contributed by atoms with van der Waals surface area (Å²) in [5, 5.41) is 34.1. The van der Waals surface area contributed by atoms with Crippen LogP contribution in [0.1, 0.15) is 38.8 Å². The van der Waals surface area contributed by atoms with Gasteiger partial charge in [-0.25, -0.2) is 28.5 Å². The number of hydrogen-bond donors (Lipinski definition) is 7. The summed E-state index contributed by atoms with van der Waals surface area (Å²) in [6.45, 7) is 3.51. The monoisotopic (exact) mass is 1030 g/mol. The third-order valence-electron chi connectivity index (χ3n) is 9.78. The highest BCUT2D eigenvalue weighted by molar-refractivity contribution is 8.77. The topological polar surface area (TPSA) is 417 Å². The van der Waals surface area contributed by atoms with Crippen molar-refractivity contribution in [3.8, 4) is 0 Å². The average Bonchev–Trinajstić information content (AvgIpc) is 3.92. The molecule has 10 atom stereocenters. The number of imidazole rings is 1. The number of aromatic nitrogens is 6. The largest absolute Gasteiger partial charge is 0.472 e. The Balaban J connectivity index is 1.24. The Morgan fingerprint density at radius 3 is 2.31 bits per heavy atom. The van der Waals surface area contributed by atoms with Gasteiger partial charge in [-0.3, -0.25) is 27.6 Å². The van der Waals surface area contributed by atoms with E-state index in [0.717, 1.165) is 15.7 Å². The van der Waals surface area contributed by atoms with Gasteiger partial charge in [-0.15, -0.1) is 5.10 Å². The molecule has 29 nitrogen and oxygen atoms in total. The number of amides is 1. The van der Waals surface area contributed by atoms with Gasteiger partial charge in [-0.1, -0.05) is 71.7 Å². The second-order valence-electron chi connectivity index (χ2n) is 15.8. The predicted octanol–water partition coefficient (Wildman–Crippen LogP) is 2.05. The Kier molecular flexibility index (Phi) is 16.8. The summed E-state index contributed by atoms with van der Waals surface area (Å²) >= 11 is 0. The number of benzene rings is 1. The summed E-state index contributed by atoms with van der Waals surface area (Å²) < 4.78 is 65.2. The molecule has 0 saturated carbocycles. The maximum absolute atomic E-state index is 14.3. The number of phosphoric ester groups is 2. The second-order valence-corrected chi connectivity index (χ2v) is 21.6. The summed E-state index contributed by atoms with van der Waals surface area (Å²) in [5.41, 5.74) is 20.4. The summed E-state index contributed by atoms with van der Waals surface area (Å²) in [6, 6.07) is 5.95. The lowest BCUT2D eigenvalue weighted by Gasteiger charge is -2.29. The van der Waals surface area contributed by atoms with Crippen LogP contribution in [0.5, 0.6) is 0 Å². The SMILES string of the molecule is CN(C(=O)OCc1ccc(N=[N+]=[N-])cc1)[C@@H](CSSC(C)(C)C)C(=O)O[C@H]1[C@@H](O)[C@H](n2cnc3c(N)nncc32)O[C@@H]1COP(=O)(O)O[C@H]1[C@@H](O)[C@H](n2ccc(N)nc2=O)O[C@@H]1COP(=O)(O)O.